The van der Waals surface area contributed by atoms with Gasteiger partial charge in [0.2, 0.25) is 0 Å². The van der Waals surface area contributed by atoms with Crippen LogP contribution in [0.3, 0.4) is 0 Å². The molecule has 1 N–H and O–H groups in total. The van der Waals surface area contributed by atoms with E-state index in [9.17, 15) is 9.90 Å². The highest BCUT2D eigenvalue weighted by atomic mass is 19.1. The van der Waals surface area contributed by atoms with Crippen LogP contribution >= 0.6 is 0 Å². The average molecular weight is 444 g/mol. The van der Waals surface area contributed by atoms with Crippen LogP contribution in [0.25, 0.3) is 0 Å². The van der Waals surface area contributed by atoms with E-state index >= 15 is 4.39 Å². The first-order chi connectivity index (χ1) is 15.2. The number of hydrogen-bond acceptors (Lipinski definition) is 4. The Bertz CT molecular complexity index is 911. The molecule has 6 rings (SSSR count). The standard InChI is InChI=1S/C26H38FN3O2/c1-24(32)11-12-26(27)17(13-24)5-6-18-19-7-8-21(25(19,2)10-9-20(18)26)23(31)15-30-14-22(28-29-30)16-3-4-16/h14,16-21,32H,3-13,15H2,1-2H3/t17?,18-,19-,20-,21+,24+,25-,26+/m0/s1. The Morgan fingerprint density at radius 1 is 1.09 bits per heavy atom. The number of fused-ring (bicyclic) bond motifs is 5. The lowest BCUT2D eigenvalue weighted by Gasteiger charge is -2.59. The van der Waals surface area contributed by atoms with E-state index in [1.165, 1.54) is 12.8 Å². The molecular weight excluding hydrogens is 405 g/mol. The first-order valence-corrected chi connectivity index (χ1v) is 13.0. The lowest BCUT2D eigenvalue weighted by atomic mass is 9.48. The summed E-state index contributed by atoms with van der Waals surface area (Å²) < 4.78 is 18.2. The maximum Gasteiger partial charge on any atom is 0.157 e. The molecule has 0 amide bonds. The molecule has 5 aliphatic rings. The maximum absolute atomic E-state index is 16.5. The highest BCUT2D eigenvalue weighted by Gasteiger charge is 2.63. The van der Waals surface area contributed by atoms with E-state index in [1.807, 2.05) is 13.1 Å². The lowest BCUT2D eigenvalue weighted by molar-refractivity contribution is -0.166. The fraction of sp³-hybridized carbons (Fsp3) is 0.885. The van der Waals surface area contributed by atoms with E-state index in [1.54, 1.807) is 4.68 Å². The third kappa shape index (κ3) is 3.22. The van der Waals surface area contributed by atoms with Crippen LogP contribution < -0.4 is 0 Å². The summed E-state index contributed by atoms with van der Waals surface area (Å²) in [5.74, 6) is 1.85. The van der Waals surface area contributed by atoms with Crippen LogP contribution in [0.1, 0.15) is 96.1 Å². The predicted octanol–water partition coefficient (Wildman–Crippen LogP) is 4.84. The van der Waals surface area contributed by atoms with Crippen molar-refractivity contribution in [3.05, 3.63) is 11.9 Å². The van der Waals surface area contributed by atoms with Crippen molar-refractivity contribution >= 4 is 5.78 Å². The van der Waals surface area contributed by atoms with E-state index < -0.39 is 11.3 Å². The first kappa shape index (κ1) is 21.2. The van der Waals surface area contributed by atoms with Gasteiger partial charge >= 0.3 is 0 Å². The van der Waals surface area contributed by atoms with Gasteiger partial charge in [-0.2, -0.15) is 0 Å². The SMILES string of the molecule is C[C@@]1(O)CC[C@@]2(F)C(CC[C@H]3[C@@H]4CC[C@H](C(=O)Cn5cc(C6CC6)nn5)[C@@]4(C)CC[C@@H]32)C1. The molecule has 1 aromatic rings. The van der Waals surface area contributed by atoms with E-state index in [0.717, 1.165) is 44.2 Å². The molecule has 0 aromatic carbocycles. The molecule has 5 nitrogen and oxygen atoms in total. The van der Waals surface area contributed by atoms with Crippen LogP contribution in [-0.4, -0.2) is 37.2 Å². The Morgan fingerprint density at radius 3 is 2.69 bits per heavy atom. The van der Waals surface area contributed by atoms with Gasteiger partial charge in [-0.3, -0.25) is 4.79 Å². The zero-order chi connectivity index (χ0) is 22.3. The molecule has 176 valence electrons. The van der Waals surface area contributed by atoms with Gasteiger partial charge in [0.05, 0.1) is 11.3 Å². The van der Waals surface area contributed by atoms with Crippen molar-refractivity contribution in [1.82, 2.24) is 15.0 Å². The number of nitrogens with zero attached hydrogens (tertiary/aromatic N) is 3. The van der Waals surface area contributed by atoms with E-state index in [4.69, 9.17) is 0 Å². The van der Waals surface area contributed by atoms with Crippen molar-refractivity contribution in [3.8, 4) is 0 Å². The molecular formula is C26H38FN3O2. The molecule has 0 bridgehead atoms. The quantitative estimate of drug-likeness (QED) is 0.723. The van der Waals surface area contributed by atoms with Crippen molar-refractivity contribution in [3.63, 3.8) is 0 Å². The third-order valence-corrected chi connectivity index (χ3v) is 10.6. The number of carbonyl (C=O) groups is 1. The molecule has 0 aliphatic heterocycles. The number of Topliss-reactive ketones (excluding diaryl/α,β-unsaturated/α-hetero) is 1. The van der Waals surface area contributed by atoms with Gasteiger partial charge in [-0.25, -0.2) is 9.07 Å². The normalized spacial score (nSPS) is 48.1. The van der Waals surface area contributed by atoms with Crippen molar-refractivity contribution in [2.24, 2.45) is 35.0 Å². The average Bonchev–Trinajstić information content (AvgIpc) is 3.38. The van der Waals surface area contributed by atoms with Crippen LogP contribution in [0.15, 0.2) is 6.20 Å². The second kappa shape index (κ2) is 7.10. The van der Waals surface area contributed by atoms with E-state index in [0.29, 0.717) is 43.6 Å². The minimum atomic E-state index is -1.12. The van der Waals surface area contributed by atoms with Gasteiger partial charge in [0, 0.05) is 18.0 Å². The molecule has 0 spiro atoms. The number of halogens is 1. The Balaban J connectivity index is 1.18. The minimum absolute atomic E-state index is 0.00340. The molecule has 1 unspecified atom stereocenters. The Kier molecular flexibility index (Phi) is 4.71. The summed E-state index contributed by atoms with van der Waals surface area (Å²) in [7, 11) is 0. The fourth-order valence-corrected chi connectivity index (χ4v) is 8.73. The Hall–Kier alpha value is -1.30. The molecule has 5 fully saturated rings. The molecule has 1 heterocycles. The first-order valence-electron chi connectivity index (χ1n) is 13.0. The summed E-state index contributed by atoms with van der Waals surface area (Å²) in [5, 5.41) is 19.0. The summed E-state index contributed by atoms with van der Waals surface area (Å²) in [6.07, 6.45) is 11.8. The monoisotopic (exact) mass is 443 g/mol. The van der Waals surface area contributed by atoms with Crippen LogP contribution in [0.4, 0.5) is 4.39 Å². The van der Waals surface area contributed by atoms with Gasteiger partial charge in [-0.05, 0) is 107 Å². The Morgan fingerprint density at radius 2 is 1.91 bits per heavy atom. The van der Waals surface area contributed by atoms with Gasteiger partial charge < -0.3 is 5.11 Å². The van der Waals surface area contributed by atoms with Crippen LogP contribution in [0, 0.1) is 35.0 Å². The summed E-state index contributed by atoms with van der Waals surface area (Å²) in [6.45, 7) is 4.53. The van der Waals surface area contributed by atoms with Crippen molar-refractivity contribution in [1.29, 1.82) is 0 Å². The van der Waals surface area contributed by atoms with Crippen molar-refractivity contribution in [2.45, 2.75) is 108 Å². The van der Waals surface area contributed by atoms with Gasteiger partial charge in [-0.15, -0.1) is 5.10 Å². The topological polar surface area (TPSA) is 68.0 Å². The molecule has 0 radical (unpaired) electrons. The highest BCUT2D eigenvalue weighted by molar-refractivity contribution is 5.82. The van der Waals surface area contributed by atoms with Crippen molar-refractivity contribution in [2.75, 3.05) is 0 Å². The highest BCUT2D eigenvalue weighted by Crippen LogP contribution is 2.66. The zero-order valence-electron chi connectivity index (χ0n) is 19.6. The van der Waals surface area contributed by atoms with Crippen LogP contribution in [0.5, 0.6) is 0 Å². The van der Waals surface area contributed by atoms with E-state index in [2.05, 4.69) is 17.2 Å². The van der Waals surface area contributed by atoms with Gasteiger partial charge in [0.1, 0.15) is 12.2 Å². The summed E-state index contributed by atoms with van der Waals surface area (Å²) in [4.78, 5) is 13.4. The van der Waals surface area contributed by atoms with Crippen molar-refractivity contribution < 1.29 is 14.3 Å². The number of aromatic nitrogens is 3. The van der Waals surface area contributed by atoms with Crippen LogP contribution in [-0.2, 0) is 11.3 Å². The number of alkyl halides is 1. The van der Waals surface area contributed by atoms with E-state index in [-0.39, 0.29) is 29.0 Å². The number of aliphatic hydroxyl groups is 1. The largest absolute Gasteiger partial charge is 0.390 e. The van der Waals surface area contributed by atoms with Gasteiger partial charge in [0.25, 0.3) is 0 Å². The molecule has 5 aliphatic carbocycles. The van der Waals surface area contributed by atoms with Gasteiger partial charge in [0.15, 0.2) is 5.78 Å². The summed E-state index contributed by atoms with van der Waals surface area (Å²) in [6, 6.07) is 0. The predicted molar refractivity (Wildman–Crippen MR) is 119 cm³/mol. The second-order valence-electron chi connectivity index (χ2n) is 12.5. The molecule has 8 atom stereocenters. The number of rotatable bonds is 4. The molecule has 6 heteroatoms. The lowest BCUT2D eigenvalue weighted by Crippen LogP contribution is -2.58. The molecule has 5 saturated carbocycles. The molecule has 32 heavy (non-hydrogen) atoms. The minimum Gasteiger partial charge on any atom is -0.390 e. The third-order valence-electron chi connectivity index (χ3n) is 10.6. The summed E-state index contributed by atoms with van der Waals surface area (Å²) in [5.41, 5.74) is -0.803. The number of ketones is 1. The summed E-state index contributed by atoms with van der Waals surface area (Å²) >= 11 is 0. The molecule has 0 saturated heterocycles. The smallest absolute Gasteiger partial charge is 0.157 e. The number of carbonyl (C=O) groups excluding carboxylic acids is 1. The van der Waals surface area contributed by atoms with Crippen LogP contribution in [0.2, 0.25) is 0 Å². The Labute approximate surface area is 190 Å². The fourth-order valence-electron chi connectivity index (χ4n) is 8.73. The van der Waals surface area contributed by atoms with Gasteiger partial charge in [-0.1, -0.05) is 12.1 Å². The zero-order valence-corrected chi connectivity index (χ0v) is 19.6. The number of hydrogen-bond donors (Lipinski definition) is 1. The molecule has 1 aromatic heterocycles. The maximum atomic E-state index is 16.5. The second-order valence-corrected chi connectivity index (χ2v) is 12.5.